The number of hydrogen-bond acceptors (Lipinski definition) is 9. The van der Waals surface area contributed by atoms with Crippen LogP contribution in [0, 0.1) is 27.9 Å². The maximum absolute atomic E-state index is 13.6. The third kappa shape index (κ3) is 5.26. The zero-order valence-electron chi connectivity index (χ0n) is 21.7. The van der Waals surface area contributed by atoms with Crippen LogP contribution in [0.3, 0.4) is 0 Å². The van der Waals surface area contributed by atoms with Gasteiger partial charge in [-0.05, 0) is 60.9 Å². The molecule has 0 saturated carbocycles. The van der Waals surface area contributed by atoms with Crippen LogP contribution in [-0.4, -0.2) is 51.0 Å². The molecule has 41 heavy (non-hydrogen) atoms. The van der Waals surface area contributed by atoms with Crippen LogP contribution >= 0.6 is 0 Å². The van der Waals surface area contributed by atoms with Gasteiger partial charge in [-0.15, -0.1) is 0 Å². The number of hydrazine groups is 1. The second-order valence-corrected chi connectivity index (χ2v) is 9.62. The van der Waals surface area contributed by atoms with E-state index in [4.69, 9.17) is 9.15 Å². The van der Waals surface area contributed by atoms with E-state index in [0.717, 1.165) is 22.2 Å². The van der Waals surface area contributed by atoms with Crippen molar-refractivity contribution in [3.8, 4) is 5.75 Å². The molecule has 0 unspecified atom stereocenters. The van der Waals surface area contributed by atoms with Crippen molar-refractivity contribution >= 4 is 35.2 Å². The molecule has 12 nitrogen and oxygen atoms in total. The molecule has 12 heteroatoms. The van der Waals surface area contributed by atoms with Gasteiger partial charge in [0, 0.05) is 23.3 Å². The summed E-state index contributed by atoms with van der Waals surface area (Å²) in [5, 5.41) is 12.6. The van der Waals surface area contributed by atoms with Gasteiger partial charge in [-0.25, -0.2) is 9.80 Å². The van der Waals surface area contributed by atoms with Crippen LogP contribution in [-0.2, 0) is 9.59 Å². The quantitative estimate of drug-likeness (QED) is 0.0763. The first kappa shape index (κ1) is 27.2. The highest BCUT2D eigenvalue weighted by Crippen LogP contribution is 2.39. The van der Waals surface area contributed by atoms with Gasteiger partial charge in [-0.3, -0.25) is 29.3 Å². The number of ether oxygens (including phenoxy) is 1. The summed E-state index contributed by atoms with van der Waals surface area (Å²) in [6.07, 6.45) is 5.30. The number of nitro groups is 1. The average molecular weight is 558 g/mol. The molecule has 2 heterocycles. The summed E-state index contributed by atoms with van der Waals surface area (Å²) in [5.41, 5.74) is -0.183. The van der Waals surface area contributed by atoms with Crippen molar-refractivity contribution in [1.82, 2.24) is 10.0 Å². The number of furan rings is 1. The lowest BCUT2D eigenvalue weighted by Gasteiger charge is -2.30. The van der Waals surface area contributed by atoms with E-state index in [1.165, 1.54) is 54.8 Å². The van der Waals surface area contributed by atoms with E-state index in [9.17, 15) is 34.1 Å². The molecule has 0 radical (unpaired) electrons. The molecular weight excluding hydrogens is 534 g/mol. The molecule has 1 fully saturated rings. The number of nitrogens with zero attached hydrogens (tertiary/aromatic N) is 3. The topological polar surface area (TPSA) is 157 Å². The van der Waals surface area contributed by atoms with E-state index in [1.54, 1.807) is 6.92 Å². The zero-order chi connectivity index (χ0) is 29.3. The minimum absolute atomic E-state index is 0.00409. The largest absolute Gasteiger partial charge is 0.457 e. The van der Waals surface area contributed by atoms with Crippen LogP contribution in [0.5, 0.6) is 5.75 Å². The molecule has 1 aliphatic heterocycles. The third-order valence-corrected chi connectivity index (χ3v) is 7.05. The SMILES string of the molecule is C[C@@H]1C=CC[C@H]2C(=O)N(N(CC(=O)c3ccc(OC(=O)c4ccco4)cc3)C(=O)c3ccc([N+](=O)[O-])cc3)C(=O)[C@@H]12. The van der Waals surface area contributed by atoms with E-state index >= 15 is 0 Å². The van der Waals surface area contributed by atoms with Crippen molar-refractivity contribution in [1.29, 1.82) is 0 Å². The molecular formula is C29H23N3O9. The third-order valence-electron chi connectivity index (χ3n) is 7.05. The number of ketones is 1. The van der Waals surface area contributed by atoms with Gasteiger partial charge in [0.05, 0.1) is 23.0 Å². The standard InChI is InChI=1S/C29H23N3O9/c1-17-4-2-5-22-25(17)28(36)31(27(22)35)30(26(34)19-7-11-20(12-8-19)32(38)39)16-23(33)18-9-13-21(14-10-18)41-29(37)24-6-3-15-40-24/h2-4,6-15,17,22,25H,5,16H2,1H3/t17-,22-,25+/m1/s1. The Morgan fingerprint density at radius 3 is 2.32 bits per heavy atom. The maximum Gasteiger partial charge on any atom is 0.379 e. The number of non-ortho nitro benzene ring substituents is 1. The first-order valence-corrected chi connectivity index (χ1v) is 12.7. The number of allylic oxidation sites excluding steroid dienone is 2. The minimum Gasteiger partial charge on any atom is -0.457 e. The molecule has 5 rings (SSSR count). The van der Waals surface area contributed by atoms with Crippen LogP contribution in [0.2, 0.25) is 0 Å². The van der Waals surface area contributed by atoms with E-state index in [2.05, 4.69) is 0 Å². The molecule has 0 N–H and O–H groups in total. The van der Waals surface area contributed by atoms with E-state index in [-0.39, 0.29) is 34.2 Å². The van der Waals surface area contributed by atoms with E-state index in [0.29, 0.717) is 6.42 Å². The summed E-state index contributed by atoms with van der Waals surface area (Å²) in [7, 11) is 0. The Kier molecular flexibility index (Phi) is 7.30. The Morgan fingerprint density at radius 1 is 1.02 bits per heavy atom. The molecule has 2 aromatic carbocycles. The Labute approximate surface area is 232 Å². The van der Waals surface area contributed by atoms with Crippen LogP contribution in [0.1, 0.15) is 44.6 Å². The maximum atomic E-state index is 13.6. The monoisotopic (exact) mass is 557 g/mol. The molecule has 0 bridgehead atoms. The Hall–Kier alpha value is -5.39. The Morgan fingerprint density at radius 2 is 1.71 bits per heavy atom. The first-order valence-electron chi connectivity index (χ1n) is 12.7. The van der Waals surface area contributed by atoms with Crippen LogP contribution in [0.15, 0.2) is 83.5 Å². The van der Waals surface area contributed by atoms with Gasteiger partial charge in [0.25, 0.3) is 23.4 Å². The summed E-state index contributed by atoms with van der Waals surface area (Å²) in [5.74, 6) is -4.86. The molecule has 3 amide bonds. The van der Waals surface area contributed by atoms with Crippen LogP contribution < -0.4 is 4.74 Å². The number of amides is 3. The highest BCUT2D eigenvalue weighted by molar-refractivity contribution is 6.10. The van der Waals surface area contributed by atoms with Crippen molar-refractivity contribution < 1.29 is 38.1 Å². The average Bonchev–Trinajstić information content (AvgIpc) is 3.60. The Balaban J connectivity index is 1.41. The second kappa shape index (κ2) is 11.0. The number of fused-ring (bicyclic) bond motifs is 1. The number of benzene rings is 2. The predicted molar refractivity (Wildman–Crippen MR) is 140 cm³/mol. The highest BCUT2D eigenvalue weighted by atomic mass is 16.6. The van der Waals surface area contributed by atoms with Crippen molar-refractivity contribution in [2.75, 3.05) is 6.54 Å². The molecule has 1 aromatic heterocycles. The Bertz CT molecular complexity index is 1560. The number of carbonyl (C=O) groups excluding carboxylic acids is 5. The van der Waals surface area contributed by atoms with Gasteiger partial charge in [-0.1, -0.05) is 19.1 Å². The first-order chi connectivity index (χ1) is 19.7. The fraction of sp³-hybridized carbons (Fsp3) is 0.207. The van der Waals surface area contributed by atoms with E-state index < -0.39 is 52.8 Å². The fourth-order valence-corrected chi connectivity index (χ4v) is 4.97. The molecule has 3 atom stereocenters. The number of nitro benzene ring substituents is 1. The lowest BCUT2D eigenvalue weighted by Crippen LogP contribution is -2.52. The number of esters is 1. The predicted octanol–water partition coefficient (Wildman–Crippen LogP) is 3.84. The lowest BCUT2D eigenvalue weighted by atomic mass is 9.78. The van der Waals surface area contributed by atoms with Crippen LogP contribution in [0.25, 0.3) is 0 Å². The van der Waals surface area contributed by atoms with Gasteiger partial charge >= 0.3 is 5.97 Å². The second-order valence-electron chi connectivity index (χ2n) is 9.62. The summed E-state index contributed by atoms with van der Waals surface area (Å²) in [6, 6.07) is 13.1. The zero-order valence-corrected chi connectivity index (χ0v) is 21.7. The fourth-order valence-electron chi connectivity index (χ4n) is 4.97. The highest BCUT2D eigenvalue weighted by Gasteiger charge is 2.53. The summed E-state index contributed by atoms with van der Waals surface area (Å²) < 4.78 is 10.2. The number of rotatable bonds is 8. The van der Waals surface area contributed by atoms with Crippen molar-refractivity contribution in [3.05, 3.63) is 106 Å². The summed E-state index contributed by atoms with van der Waals surface area (Å²) >= 11 is 0. The summed E-state index contributed by atoms with van der Waals surface area (Å²) in [6.45, 7) is 1.13. The number of imide groups is 1. The minimum atomic E-state index is -0.849. The summed E-state index contributed by atoms with van der Waals surface area (Å²) in [4.78, 5) is 76.4. The van der Waals surface area contributed by atoms with Gasteiger partial charge < -0.3 is 9.15 Å². The number of Topliss-reactive ketones (excluding diaryl/α,β-unsaturated/α-hetero) is 1. The molecule has 2 aliphatic rings. The normalized spacial score (nSPS) is 19.5. The number of hydrogen-bond donors (Lipinski definition) is 0. The molecule has 1 saturated heterocycles. The van der Waals surface area contributed by atoms with Crippen molar-refractivity contribution in [3.63, 3.8) is 0 Å². The van der Waals surface area contributed by atoms with Crippen molar-refractivity contribution in [2.24, 2.45) is 17.8 Å². The molecule has 0 spiro atoms. The van der Waals surface area contributed by atoms with Crippen molar-refractivity contribution in [2.45, 2.75) is 13.3 Å². The smallest absolute Gasteiger partial charge is 0.379 e. The van der Waals surface area contributed by atoms with Gasteiger partial charge in [0.1, 0.15) is 12.3 Å². The number of carbonyl (C=O) groups is 5. The van der Waals surface area contributed by atoms with Crippen LogP contribution in [0.4, 0.5) is 5.69 Å². The molecule has 1 aliphatic carbocycles. The van der Waals surface area contributed by atoms with Gasteiger partial charge in [0.2, 0.25) is 5.76 Å². The van der Waals surface area contributed by atoms with Gasteiger partial charge in [-0.2, -0.15) is 5.01 Å². The lowest BCUT2D eigenvalue weighted by molar-refractivity contribution is -0.384. The van der Waals surface area contributed by atoms with Gasteiger partial charge in [0.15, 0.2) is 5.78 Å². The van der Waals surface area contributed by atoms with E-state index in [1.807, 2.05) is 12.2 Å². The molecule has 208 valence electrons. The molecule has 3 aromatic rings.